The van der Waals surface area contributed by atoms with Crippen molar-refractivity contribution in [1.29, 1.82) is 0 Å². The molecule has 0 amide bonds. The van der Waals surface area contributed by atoms with Gasteiger partial charge in [-0.25, -0.2) is 4.39 Å². The monoisotopic (exact) mass is 179 g/mol. The molecule has 13 heavy (non-hydrogen) atoms. The standard InChI is InChI=1S/C11H14FN/c1-7-2-5-9(10(12)6-7)11(13)8-3-4-8/h2,5-6,8,11H,3-4,13H2,1H3/t11-/m1/s1. The van der Waals surface area contributed by atoms with E-state index in [1.807, 2.05) is 19.1 Å². The van der Waals surface area contributed by atoms with Crippen LogP contribution in [0.1, 0.15) is 30.0 Å². The van der Waals surface area contributed by atoms with Crippen LogP contribution < -0.4 is 5.73 Å². The van der Waals surface area contributed by atoms with E-state index in [2.05, 4.69) is 0 Å². The van der Waals surface area contributed by atoms with Crippen molar-refractivity contribution in [1.82, 2.24) is 0 Å². The van der Waals surface area contributed by atoms with Gasteiger partial charge in [0, 0.05) is 11.6 Å². The number of rotatable bonds is 2. The zero-order chi connectivity index (χ0) is 9.42. The maximum atomic E-state index is 13.4. The lowest BCUT2D eigenvalue weighted by molar-refractivity contribution is 0.553. The van der Waals surface area contributed by atoms with Crippen LogP contribution in [0.25, 0.3) is 0 Å². The Labute approximate surface area is 77.8 Å². The minimum Gasteiger partial charge on any atom is -0.324 e. The third kappa shape index (κ3) is 1.73. The predicted octanol–water partition coefficient (Wildman–Crippen LogP) is 2.54. The van der Waals surface area contributed by atoms with Crippen molar-refractivity contribution in [3.8, 4) is 0 Å². The molecule has 70 valence electrons. The molecule has 1 saturated carbocycles. The first-order valence-corrected chi connectivity index (χ1v) is 4.70. The van der Waals surface area contributed by atoms with Crippen LogP contribution in [0.5, 0.6) is 0 Å². The van der Waals surface area contributed by atoms with Crippen LogP contribution in [0.4, 0.5) is 4.39 Å². The van der Waals surface area contributed by atoms with Crippen LogP contribution in [0, 0.1) is 18.7 Å². The molecule has 1 aromatic rings. The molecule has 1 nitrogen and oxygen atoms in total. The summed E-state index contributed by atoms with van der Waals surface area (Å²) in [6, 6.07) is 5.19. The molecule has 0 radical (unpaired) electrons. The molecule has 1 aliphatic rings. The summed E-state index contributed by atoms with van der Waals surface area (Å²) in [7, 11) is 0. The van der Waals surface area contributed by atoms with Gasteiger partial charge >= 0.3 is 0 Å². The fourth-order valence-electron chi connectivity index (χ4n) is 1.61. The van der Waals surface area contributed by atoms with E-state index in [0.29, 0.717) is 11.5 Å². The van der Waals surface area contributed by atoms with Gasteiger partial charge in [0.2, 0.25) is 0 Å². The van der Waals surface area contributed by atoms with Crippen molar-refractivity contribution in [2.75, 3.05) is 0 Å². The third-order valence-corrected chi connectivity index (χ3v) is 2.64. The lowest BCUT2D eigenvalue weighted by Gasteiger charge is -2.11. The van der Waals surface area contributed by atoms with E-state index < -0.39 is 0 Å². The number of aryl methyl sites for hydroxylation is 1. The van der Waals surface area contributed by atoms with E-state index in [4.69, 9.17) is 5.73 Å². The topological polar surface area (TPSA) is 26.0 Å². The lowest BCUT2D eigenvalue weighted by atomic mass is 10.0. The Balaban J connectivity index is 2.28. The summed E-state index contributed by atoms with van der Waals surface area (Å²) in [5.74, 6) is 0.358. The normalized spacial score (nSPS) is 18.7. The van der Waals surface area contributed by atoms with Gasteiger partial charge in [-0.05, 0) is 37.3 Å². The Morgan fingerprint density at radius 1 is 1.46 bits per heavy atom. The molecular formula is C11H14FN. The van der Waals surface area contributed by atoms with Crippen molar-refractivity contribution in [2.45, 2.75) is 25.8 Å². The fourth-order valence-corrected chi connectivity index (χ4v) is 1.61. The molecule has 0 bridgehead atoms. The van der Waals surface area contributed by atoms with E-state index in [9.17, 15) is 4.39 Å². The Hall–Kier alpha value is -0.890. The molecule has 1 aliphatic carbocycles. The van der Waals surface area contributed by atoms with Gasteiger partial charge in [0.15, 0.2) is 0 Å². The maximum Gasteiger partial charge on any atom is 0.128 e. The molecule has 0 heterocycles. The largest absolute Gasteiger partial charge is 0.324 e. The number of hydrogen-bond acceptors (Lipinski definition) is 1. The molecule has 1 atom stereocenters. The molecule has 1 fully saturated rings. The number of benzene rings is 1. The Morgan fingerprint density at radius 2 is 2.15 bits per heavy atom. The average Bonchev–Trinajstić information content (AvgIpc) is 2.85. The van der Waals surface area contributed by atoms with Gasteiger partial charge in [0.1, 0.15) is 5.82 Å². The first kappa shape index (κ1) is 8.70. The minimum atomic E-state index is -0.153. The van der Waals surface area contributed by atoms with Crippen LogP contribution in [-0.2, 0) is 0 Å². The van der Waals surface area contributed by atoms with E-state index >= 15 is 0 Å². The van der Waals surface area contributed by atoms with E-state index in [1.54, 1.807) is 6.07 Å². The van der Waals surface area contributed by atoms with Crippen molar-refractivity contribution in [3.63, 3.8) is 0 Å². The van der Waals surface area contributed by atoms with E-state index in [0.717, 1.165) is 18.4 Å². The van der Waals surface area contributed by atoms with E-state index in [-0.39, 0.29) is 11.9 Å². The van der Waals surface area contributed by atoms with Crippen molar-refractivity contribution < 1.29 is 4.39 Å². The van der Waals surface area contributed by atoms with Crippen LogP contribution in [0.3, 0.4) is 0 Å². The highest BCUT2D eigenvalue weighted by Gasteiger charge is 2.30. The summed E-state index contributed by atoms with van der Waals surface area (Å²) >= 11 is 0. The number of nitrogens with two attached hydrogens (primary N) is 1. The highest BCUT2D eigenvalue weighted by molar-refractivity contribution is 5.27. The first-order valence-electron chi connectivity index (χ1n) is 4.70. The summed E-state index contributed by atoms with van der Waals surface area (Å²) in [5, 5.41) is 0. The smallest absolute Gasteiger partial charge is 0.128 e. The second kappa shape index (κ2) is 3.11. The van der Waals surface area contributed by atoms with Crippen molar-refractivity contribution in [2.24, 2.45) is 11.7 Å². The fraction of sp³-hybridized carbons (Fsp3) is 0.455. The Morgan fingerprint density at radius 3 is 2.69 bits per heavy atom. The Bertz CT molecular complexity index is 318. The third-order valence-electron chi connectivity index (χ3n) is 2.64. The molecule has 2 rings (SSSR count). The second-order valence-corrected chi connectivity index (χ2v) is 3.89. The summed E-state index contributed by atoms with van der Waals surface area (Å²) in [6.45, 7) is 1.88. The van der Waals surface area contributed by atoms with Gasteiger partial charge in [0.05, 0.1) is 0 Å². The highest BCUT2D eigenvalue weighted by Crippen LogP contribution is 2.40. The van der Waals surface area contributed by atoms with Crippen LogP contribution >= 0.6 is 0 Å². The molecule has 0 saturated heterocycles. The molecular weight excluding hydrogens is 165 g/mol. The van der Waals surface area contributed by atoms with Crippen LogP contribution in [-0.4, -0.2) is 0 Å². The summed E-state index contributed by atoms with van der Waals surface area (Å²) in [5.41, 5.74) is 7.53. The lowest BCUT2D eigenvalue weighted by Crippen LogP contribution is -2.14. The van der Waals surface area contributed by atoms with Gasteiger partial charge in [-0.1, -0.05) is 12.1 Å². The SMILES string of the molecule is Cc1ccc([C@H](N)C2CC2)c(F)c1. The summed E-state index contributed by atoms with van der Waals surface area (Å²) < 4.78 is 13.4. The molecule has 2 heteroatoms. The van der Waals surface area contributed by atoms with Crippen molar-refractivity contribution >= 4 is 0 Å². The van der Waals surface area contributed by atoms with Gasteiger partial charge in [-0.2, -0.15) is 0 Å². The van der Waals surface area contributed by atoms with Crippen LogP contribution in [0.2, 0.25) is 0 Å². The highest BCUT2D eigenvalue weighted by atomic mass is 19.1. The first-order chi connectivity index (χ1) is 6.18. The van der Waals surface area contributed by atoms with Gasteiger partial charge in [-0.3, -0.25) is 0 Å². The van der Waals surface area contributed by atoms with Gasteiger partial charge in [-0.15, -0.1) is 0 Å². The Kier molecular flexibility index (Phi) is 2.08. The summed E-state index contributed by atoms with van der Waals surface area (Å²) in [4.78, 5) is 0. The molecule has 2 N–H and O–H groups in total. The minimum absolute atomic E-state index is 0.0967. The molecule has 0 unspecified atom stereocenters. The zero-order valence-corrected chi connectivity index (χ0v) is 7.76. The van der Waals surface area contributed by atoms with Gasteiger partial charge in [0.25, 0.3) is 0 Å². The molecule has 0 spiro atoms. The van der Waals surface area contributed by atoms with E-state index in [1.165, 1.54) is 0 Å². The molecule has 1 aromatic carbocycles. The second-order valence-electron chi connectivity index (χ2n) is 3.89. The van der Waals surface area contributed by atoms with Gasteiger partial charge < -0.3 is 5.73 Å². The number of hydrogen-bond donors (Lipinski definition) is 1. The number of halogens is 1. The molecule has 0 aliphatic heterocycles. The quantitative estimate of drug-likeness (QED) is 0.741. The zero-order valence-electron chi connectivity index (χ0n) is 7.76. The summed E-state index contributed by atoms with van der Waals surface area (Å²) in [6.07, 6.45) is 2.29. The maximum absolute atomic E-state index is 13.4. The average molecular weight is 179 g/mol. The van der Waals surface area contributed by atoms with Crippen LogP contribution in [0.15, 0.2) is 18.2 Å². The van der Waals surface area contributed by atoms with Crippen molar-refractivity contribution in [3.05, 3.63) is 35.1 Å². The molecule has 0 aromatic heterocycles. The predicted molar refractivity (Wildman–Crippen MR) is 50.8 cm³/mol.